The zero-order valence-corrected chi connectivity index (χ0v) is 14.6. The van der Waals surface area contributed by atoms with Gasteiger partial charge in [0.2, 0.25) is 5.91 Å². The predicted octanol–water partition coefficient (Wildman–Crippen LogP) is 4.48. The molecule has 0 radical (unpaired) electrons. The van der Waals surface area contributed by atoms with E-state index in [0.717, 1.165) is 31.4 Å². The Bertz CT molecular complexity index is 737. The molecule has 1 aliphatic rings. The molecule has 2 aromatic carbocycles. The maximum Gasteiger partial charge on any atom is 0.258 e. The summed E-state index contributed by atoms with van der Waals surface area (Å²) in [5, 5.41) is 2.97. The summed E-state index contributed by atoms with van der Waals surface area (Å²) in [5.41, 5.74) is 2.14. The molecule has 1 aliphatic carbocycles. The van der Waals surface area contributed by atoms with Crippen LogP contribution < -0.4 is 10.2 Å². The van der Waals surface area contributed by atoms with E-state index in [1.54, 1.807) is 17.0 Å². The van der Waals surface area contributed by atoms with Crippen molar-refractivity contribution in [3.8, 4) is 0 Å². The van der Waals surface area contributed by atoms with E-state index < -0.39 is 0 Å². The minimum Gasteiger partial charge on any atom is -0.326 e. The second-order valence-electron chi connectivity index (χ2n) is 6.44. The van der Waals surface area contributed by atoms with Gasteiger partial charge in [0.25, 0.3) is 5.91 Å². The van der Waals surface area contributed by atoms with Gasteiger partial charge in [0.05, 0.1) is 0 Å². The maximum atomic E-state index is 12.9. The molecular weight excluding hydrogens is 312 g/mol. The van der Waals surface area contributed by atoms with Crippen LogP contribution in [0, 0.1) is 5.92 Å². The number of para-hydroxylation sites is 1. The molecule has 0 atom stereocenters. The Labute approximate surface area is 148 Å². The molecule has 4 nitrogen and oxygen atoms in total. The van der Waals surface area contributed by atoms with Gasteiger partial charge >= 0.3 is 0 Å². The number of benzene rings is 2. The molecule has 0 bridgehead atoms. The third kappa shape index (κ3) is 4.08. The van der Waals surface area contributed by atoms with E-state index in [9.17, 15) is 9.59 Å². The Morgan fingerprint density at radius 1 is 1.04 bits per heavy atom. The first-order chi connectivity index (χ1) is 12.2. The molecule has 2 amide bonds. The molecule has 3 rings (SSSR count). The molecule has 0 spiro atoms. The lowest BCUT2D eigenvalue weighted by Gasteiger charge is -2.21. The second kappa shape index (κ2) is 7.97. The molecule has 0 heterocycles. The van der Waals surface area contributed by atoms with Crippen molar-refractivity contribution in [1.29, 1.82) is 0 Å². The lowest BCUT2D eigenvalue weighted by atomic mass is 10.1. The molecule has 0 unspecified atom stereocenters. The van der Waals surface area contributed by atoms with Gasteiger partial charge in [0.15, 0.2) is 0 Å². The van der Waals surface area contributed by atoms with Gasteiger partial charge in [-0.15, -0.1) is 0 Å². The summed E-state index contributed by atoms with van der Waals surface area (Å²) in [7, 11) is 0. The Kier molecular flexibility index (Phi) is 5.49. The van der Waals surface area contributed by atoms with Gasteiger partial charge in [-0.1, -0.05) is 37.1 Å². The number of carbonyl (C=O) groups excluding carboxylic acids is 2. The maximum absolute atomic E-state index is 12.9. The van der Waals surface area contributed by atoms with Gasteiger partial charge < -0.3 is 10.2 Å². The van der Waals surface area contributed by atoms with E-state index in [2.05, 4.69) is 5.32 Å². The van der Waals surface area contributed by atoms with Crippen LogP contribution in [0.25, 0.3) is 0 Å². The van der Waals surface area contributed by atoms with Gasteiger partial charge in [-0.2, -0.15) is 0 Å². The first kappa shape index (κ1) is 17.2. The lowest BCUT2D eigenvalue weighted by molar-refractivity contribution is -0.119. The van der Waals surface area contributed by atoms with Gasteiger partial charge in [0.1, 0.15) is 0 Å². The zero-order valence-electron chi connectivity index (χ0n) is 14.6. The lowest BCUT2D eigenvalue weighted by Crippen LogP contribution is -2.30. The molecule has 25 heavy (non-hydrogen) atoms. The molecule has 0 saturated heterocycles. The fraction of sp³-hybridized carbons (Fsp3) is 0.333. The van der Waals surface area contributed by atoms with Gasteiger partial charge in [-0.3, -0.25) is 9.59 Å². The van der Waals surface area contributed by atoms with E-state index >= 15 is 0 Å². The summed E-state index contributed by atoms with van der Waals surface area (Å²) in [6, 6.07) is 16.8. The van der Waals surface area contributed by atoms with Crippen molar-refractivity contribution in [2.75, 3.05) is 16.8 Å². The summed E-state index contributed by atoms with van der Waals surface area (Å²) < 4.78 is 0. The fourth-order valence-corrected chi connectivity index (χ4v) is 3.37. The average Bonchev–Trinajstić information content (AvgIpc) is 3.18. The second-order valence-corrected chi connectivity index (χ2v) is 6.44. The summed E-state index contributed by atoms with van der Waals surface area (Å²) in [6.45, 7) is 2.54. The minimum absolute atomic E-state index is 0.0642. The molecule has 1 fully saturated rings. The Morgan fingerprint density at radius 2 is 1.76 bits per heavy atom. The number of nitrogens with one attached hydrogen (secondary N) is 1. The molecule has 0 aromatic heterocycles. The number of amides is 2. The summed E-state index contributed by atoms with van der Waals surface area (Å²) in [4.78, 5) is 26.9. The van der Waals surface area contributed by atoms with Crippen LogP contribution in [-0.2, 0) is 4.79 Å². The number of carbonyl (C=O) groups is 2. The van der Waals surface area contributed by atoms with Crippen LogP contribution in [0.2, 0.25) is 0 Å². The standard InChI is InChI=1S/C21H24N2O2/c1-2-23(19-13-4-3-5-14-19)21(25)17-11-8-12-18(15-17)22-20(24)16-9-6-7-10-16/h3-5,8,11-16H,2,6-7,9-10H2,1H3,(H,22,24). The van der Waals surface area contributed by atoms with E-state index in [1.165, 1.54) is 0 Å². The SMILES string of the molecule is CCN(C(=O)c1cccc(NC(=O)C2CCCC2)c1)c1ccccc1. The van der Waals surface area contributed by atoms with Crippen molar-refractivity contribution < 1.29 is 9.59 Å². The topological polar surface area (TPSA) is 49.4 Å². The monoisotopic (exact) mass is 336 g/mol. The van der Waals surface area contributed by atoms with Crippen LogP contribution in [0.15, 0.2) is 54.6 Å². The third-order valence-corrected chi connectivity index (χ3v) is 4.73. The normalized spacial score (nSPS) is 14.3. The molecular formula is C21H24N2O2. The van der Waals surface area contributed by atoms with Crippen molar-refractivity contribution in [2.24, 2.45) is 5.92 Å². The molecule has 130 valence electrons. The van der Waals surface area contributed by atoms with Crippen LogP contribution in [-0.4, -0.2) is 18.4 Å². The van der Waals surface area contributed by atoms with Crippen LogP contribution in [0.5, 0.6) is 0 Å². The van der Waals surface area contributed by atoms with E-state index in [1.807, 2.05) is 49.4 Å². The van der Waals surface area contributed by atoms with Crippen molar-refractivity contribution >= 4 is 23.2 Å². The molecule has 4 heteroatoms. The van der Waals surface area contributed by atoms with Crippen LogP contribution in [0.4, 0.5) is 11.4 Å². The third-order valence-electron chi connectivity index (χ3n) is 4.73. The number of hydrogen-bond donors (Lipinski definition) is 1. The van der Waals surface area contributed by atoms with E-state index in [-0.39, 0.29) is 17.7 Å². The number of anilines is 2. The van der Waals surface area contributed by atoms with Gasteiger partial charge in [-0.05, 0) is 50.1 Å². The average molecular weight is 336 g/mol. The first-order valence-corrected chi connectivity index (χ1v) is 8.97. The number of rotatable bonds is 5. The van der Waals surface area contributed by atoms with E-state index in [0.29, 0.717) is 17.8 Å². The summed E-state index contributed by atoms with van der Waals surface area (Å²) in [5.74, 6) is 0.110. The molecule has 1 N–H and O–H groups in total. The molecule has 2 aromatic rings. The largest absolute Gasteiger partial charge is 0.326 e. The molecule has 0 aliphatic heterocycles. The highest BCUT2D eigenvalue weighted by atomic mass is 16.2. The van der Waals surface area contributed by atoms with Crippen molar-refractivity contribution in [3.63, 3.8) is 0 Å². The quantitative estimate of drug-likeness (QED) is 0.875. The zero-order chi connectivity index (χ0) is 17.6. The van der Waals surface area contributed by atoms with Gasteiger partial charge in [0, 0.05) is 29.4 Å². The Hall–Kier alpha value is -2.62. The van der Waals surface area contributed by atoms with Crippen LogP contribution in [0.1, 0.15) is 43.0 Å². The van der Waals surface area contributed by atoms with Crippen molar-refractivity contribution in [2.45, 2.75) is 32.6 Å². The first-order valence-electron chi connectivity index (χ1n) is 8.97. The van der Waals surface area contributed by atoms with Crippen molar-refractivity contribution in [3.05, 3.63) is 60.2 Å². The molecule has 1 saturated carbocycles. The predicted molar refractivity (Wildman–Crippen MR) is 101 cm³/mol. The van der Waals surface area contributed by atoms with E-state index in [4.69, 9.17) is 0 Å². The summed E-state index contributed by atoms with van der Waals surface area (Å²) >= 11 is 0. The highest BCUT2D eigenvalue weighted by molar-refractivity contribution is 6.07. The highest BCUT2D eigenvalue weighted by Gasteiger charge is 2.23. The van der Waals surface area contributed by atoms with Crippen molar-refractivity contribution in [1.82, 2.24) is 0 Å². The van der Waals surface area contributed by atoms with Crippen LogP contribution in [0.3, 0.4) is 0 Å². The smallest absolute Gasteiger partial charge is 0.258 e. The minimum atomic E-state index is -0.0642. The summed E-state index contributed by atoms with van der Waals surface area (Å²) in [6.07, 6.45) is 4.17. The van der Waals surface area contributed by atoms with Crippen LogP contribution >= 0.6 is 0 Å². The number of nitrogens with zero attached hydrogens (tertiary/aromatic N) is 1. The number of hydrogen-bond acceptors (Lipinski definition) is 2. The fourth-order valence-electron chi connectivity index (χ4n) is 3.37. The Morgan fingerprint density at radius 3 is 2.44 bits per heavy atom. The Balaban J connectivity index is 1.75. The highest BCUT2D eigenvalue weighted by Crippen LogP contribution is 2.26. The van der Waals surface area contributed by atoms with Gasteiger partial charge in [-0.25, -0.2) is 0 Å².